The van der Waals surface area contributed by atoms with Gasteiger partial charge in [-0.1, -0.05) is 6.07 Å². The number of carbonyl (C=O) groups excluding carboxylic acids is 1. The van der Waals surface area contributed by atoms with E-state index in [4.69, 9.17) is 5.11 Å². The summed E-state index contributed by atoms with van der Waals surface area (Å²) in [6, 6.07) is 2.99. The van der Waals surface area contributed by atoms with E-state index >= 15 is 0 Å². The Kier molecular flexibility index (Phi) is 4.73. The number of hydrogen-bond donors (Lipinski definition) is 2. The number of benzene rings is 1. The smallest absolute Gasteiger partial charge is 0.334 e. The standard InChI is InChI=1S/C11H11F2NO4/c1-18-8(11(16)17)5-14-10(15)9-6(12)3-2-4-7(9)13/h2-4,8H,5H2,1H3,(H,14,15)(H,16,17). The molecule has 1 aromatic carbocycles. The molecule has 0 saturated carbocycles. The zero-order chi connectivity index (χ0) is 13.7. The topological polar surface area (TPSA) is 75.6 Å². The minimum absolute atomic E-state index is 0.390. The molecule has 1 unspecified atom stereocenters. The number of methoxy groups -OCH3 is 1. The third-order valence-corrected chi connectivity index (χ3v) is 2.20. The van der Waals surface area contributed by atoms with Gasteiger partial charge in [0.05, 0.1) is 6.54 Å². The number of carboxylic acid groups (broad SMARTS) is 1. The largest absolute Gasteiger partial charge is 0.479 e. The third kappa shape index (κ3) is 3.24. The molecule has 0 bridgehead atoms. The number of nitrogens with one attached hydrogen (secondary N) is 1. The molecule has 2 N–H and O–H groups in total. The molecule has 0 radical (unpaired) electrons. The number of rotatable bonds is 5. The number of carbonyl (C=O) groups is 2. The average Bonchev–Trinajstić information content (AvgIpc) is 2.29. The lowest BCUT2D eigenvalue weighted by Gasteiger charge is -2.12. The Morgan fingerprint density at radius 3 is 2.39 bits per heavy atom. The molecular weight excluding hydrogens is 248 g/mol. The Morgan fingerprint density at radius 1 is 1.39 bits per heavy atom. The highest BCUT2D eigenvalue weighted by Gasteiger charge is 2.21. The summed E-state index contributed by atoms with van der Waals surface area (Å²) in [6.07, 6.45) is -1.27. The van der Waals surface area contributed by atoms with Gasteiger partial charge >= 0.3 is 5.97 Å². The zero-order valence-electron chi connectivity index (χ0n) is 9.44. The number of carboxylic acids is 1. The van der Waals surface area contributed by atoms with Gasteiger partial charge in [-0.15, -0.1) is 0 Å². The molecule has 0 aliphatic rings. The van der Waals surface area contributed by atoms with Crippen molar-refractivity contribution in [3.63, 3.8) is 0 Å². The minimum Gasteiger partial charge on any atom is -0.479 e. The van der Waals surface area contributed by atoms with Crippen LogP contribution in [0.3, 0.4) is 0 Å². The molecule has 0 aromatic heterocycles. The monoisotopic (exact) mass is 259 g/mol. The van der Waals surface area contributed by atoms with Crippen LogP contribution in [-0.2, 0) is 9.53 Å². The molecule has 5 nitrogen and oxygen atoms in total. The Bertz CT molecular complexity index is 444. The lowest BCUT2D eigenvalue weighted by atomic mass is 10.2. The quantitative estimate of drug-likeness (QED) is 0.819. The fourth-order valence-electron chi connectivity index (χ4n) is 1.26. The molecule has 7 heteroatoms. The van der Waals surface area contributed by atoms with Gasteiger partial charge in [-0.25, -0.2) is 13.6 Å². The number of ether oxygens (including phenoxy) is 1. The maximum absolute atomic E-state index is 13.2. The van der Waals surface area contributed by atoms with E-state index in [1.807, 2.05) is 0 Å². The Morgan fingerprint density at radius 2 is 1.94 bits per heavy atom. The van der Waals surface area contributed by atoms with Crippen molar-refractivity contribution in [2.75, 3.05) is 13.7 Å². The van der Waals surface area contributed by atoms with Gasteiger partial charge in [-0.2, -0.15) is 0 Å². The van der Waals surface area contributed by atoms with Crippen LogP contribution in [-0.4, -0.2) is 36.7 Å². The van der Waals surface area contributed by atoms with Crippen LogP contribution in [0.25, 0.3) is 0 Å². The Labute approximate surface area is 101 Å². The molecular formula is C11H11F2NO4. The molecule has 0 aliphatic carbocycles. The predicted octanol–water partition coefficient (Wildman–Crippen LogP) is 0.794. The van der Waals surface area contributed by atoms with Crippen LogP contribution in [0, 0.1) is 11.6 Å². The van der Waals surface area contributed by atoms with Crippen molar-refractivity contribution in [2.45, 2.75) is 6.10 Å². The second-order valence-corrected chi connectivity index (χ2v) is 3.37. The van der Waals surface area contributed by atoms with E-state index in [2.05, 4.69) is 10.1 Å². The summed E-state index contributed by atoms with van der Waals surface area (Å²) in [4.78, 5) is 22.1. The zero-order valence-corrected chi connectivity index (χ0v) is 9.44. The van der Waals surface area contributed by atoms with E-state index in [0.29, 0.717) is 0 Å². The first-order valence-corrected chi connectivity index (χ1v) is 4.95. The molecule has 1 rings (SSSR count). The molecule has 1 amide bonds. The normalized spacial score (nSPS) is 11.9. The lowest BCUT2D eigenvalue weighted by Crippen LogP contribution is -2.38. The molecule has 0 aliphatic heterocycles. The van der Waals surface area contributed by atoms with E-state index < -0.39 is 41.7 Å². The molecule has 1 atom stereocenters. The van der Waals surface area contributed by atoms with Gasteiger partial charge in [0.2, 0.25) is 0 Å². The van der Waals surface area contributed by atoms with Gasteiger partial charge in [0.1, 0.15) is 17.2 Å². The fraction of sp³-hybridized carbons (Fsp3) is 0.273. The molecule has 0 saturated heterocycles. The van der Waals surface area contributed by atoms with E-state index in [0.717, 1.165) is 25.3 Å². The molecule has 0 fully saturated rings. The van der Waals surface area contributed by atoms with Crippen molar-refractivity contribution >= 4 is 11.9 Å². The molecule has 0 heterocycles. The lowest BCUT2D eigenvalue weighted by molar-refractivity contribution is -0.148. The average molecular weight is 259 g/mol. The molecule has 1 aromatic rings. The molecule has 0 spiro atoms. The summed E-state index contributed by atoms with van der Waals surface area (Å²) in [5.41, 5.74) is -0.752. The highest BCUT2D eigenvalue weighted by atomic mass is 19.1. The van der Waals surface area contributed by atoms with Crippen LogP contribution in [0.1, 0.15) is 10.4 Å². The van der Waals surface area contributed by atoms with Crippen molar-refractivity contribution in [3.05, 3.63) is 35.4 Å². The molecule has 98 valence electrons. The van der Waals surface area contributed by atoms with E-state index in [9.17, 15) is 18.4 Å². The Balaban J connectivity index is 2.74. The van der Waals surface area contributed by atoms with Gasteiger partial charge in [0.15, 0.2) is 6.10 Å². The van der Waals surface area contributed by atoms with Crippen molar-refractivity contribution in [3.8, 4) is 0 Å². The molecule has 18 heavy (non-hydrogen) atoms. The van der Waals surface area contributed by atoms with Crippen LogP contribution >= 0.6 is 0 Å². The van der Waals surface area contributed by atoms with E-state index in [1.54, 1.807) is 0 Å². The van der Waals surface area contributed by atoms with Gasteiger partial charge < -0.3 is 15.2 Å². The van der Waals surface area contributed by atoms with Crippen molar-refractivity contribution in [2.24, 2.45) is 0 Å². The second kappa shape index (κ2) is 6.06. The van der Waals surface area contributed by atoms with Crippen LogP contribution in [0.4, 0.5) is 8.78 Å². The summed E-state index contributed by atoms with van der Waals surface area (Å²) < 4.78 is 31.0. The maximum atomic E-state index is 13.2. The minimum atomic E-state index is -1.29. The van der Waals surface area contributed by atoms with E-state index in [1.165, 1.54) is 0 Å². The van der Waals surface area contributed by atoms with Crippen LogP contribution < -0.4 is 5.32 Å². The fourth-order valence-corrected chi connectivity index (χ4v) is 1.26. The number of aliphatic carboxylic acids is 1. The van der Waals surface area contributed by atoms with Gasteiger partial charge in [0, 0.05) is 7.11 Å². The highest BCUT2D eigenvalue weighted by Crippen LogP contribution is 2.11. The first kappa shape index (κ1) is 14.0. The summed E-state index contributed by atoms with van der Waals surface area (Å²) in [5.74, 6) is -4.35. The first-order chi connectivity index (χ1) is 8.47. The van der Waals surface area contributed by atoms with Gasteiger partial charge in [0.25, 0.3) is 5.91 Å². The summed E-state index contributed by atoms with van der Waals surface area (Å²) in [7, 11) is 1.15. The Hall–Kier alpha value is -2.02. The number of hydrogen-bond acceptors (Lipinski definition) is 3. The van der Waals surface area contributed by atoms with Crippen molar-refractivity contribution < 1.29 is 28.2 Å². The van der Waals surface area contributed by atoms with Gasteiger partial charge in [-0.3, -0.25) is 4.79 Å². The first-order valence-electron chi connectivity index (χ1n) is 4.95. The van der Waals surface area contributed by atoms with Crippen LogP contribution in [0.2, 0.25) is 0 Å². The van der Waals surface area contributed by atoms with Crippen molar-refractivity contribution in [1.29, 1.82) is 0 Å². The van der Waals surface area contributed by atoms with E-state index in [-0.39, 0.29) is 0 Å². The second-order valence-electron chi connectivity index (χ2n) is 3.37. The number of amides is 1. The van der Waals surface area contributed by atoms with Crippen LogP contribution in [0.15, 0.2) is 18.2 Å². The highest BCUT2D eigenvalue weighted by molar-refractivity contribution is 5.95. The van der Waals surface area contributed by atoms with Crippen LogP contribution in [0.5, 0.6) is 0 Å². The maximum Gasteiger partial charge on any atom is 0.334 e. The SMILES string of the molecule is COC(CNC(=O)c1c(F)cccc1F)C(=O)O. The summed E-state index contributed by atoms with van der Waals surface area (Å²) in [5, 5.41) is 10.7. The number of halogens is 2. The third-order valence-electron chi connectivity index (χ3n) is 2.20. The van der Waals surface area contributed by atoms with Gasteiger partial charge in [-0.05, 0) is 12.1 Å². The predicted molar refractivity (Wildman–Crippen MR) is 57.1 cm³/mol. The summed E-state index contributed by atoms with van der Waals surface area (Å²) in [6.45, 7) is -0.390. The summed E-state index contributed by atoms with van der Waals surface area (Å²) >= 11 is 0. The van der Waals surface area contributed by atoms with Crippen molar-refractivity contribution in [1.82, 2.24) is 5.32 Å².